The summed E-state index contributed by atoms with van der Waals surface area (Å²) in [6.45, 7) is 0.519. The fourth-order valence-electron chi connectivity index (χ4n) is 1.37. The van der Waals surface area contributed by atoms with Gasteiger partial charge in [-0.15, -0.1) is 11.3 Å². The lowest BCUT2D eigenvalue weighted by atomic mass is 10.2. The molecule has 2 rings (SSSR count). The molecule has 0 spiro atoms. The predicted octanol–water partition coefficient (Wildman–Crippen LogP) is 1.21. The summed E-state index contributed by atoms with van der Waals surface area (Å²) in [6, 6.07) is 1.97. The van der Waals surface area contributed by atoms with Crippen molar-refractivity contribution in [3.05, 3.63) is 23.5 Å². The van der Waals surface area contributed by atoms with Crippen molar-refractivity contribution in [3.63, 3.8) is 0 Å². The van der Waals surface area contributed by atoms with E-state index in [0.717, 1.165) is 21.6 Å². The molecule has 4 nitrogen and oxygen atoms in total. The van der Waals surface area contributed by atoms with Crippen LogP contribution in [0.3, 0.4) is 0 Å². The average Bonchev–Trinajstić information content (AvgIpc) is 2.68. The van der Waals surface area contributed by atoms with Gasteiger partial charge in [0.15, 0.2) is 0 Å². The Balaban J connectivity index is 2.21. The monoisotopic (exact) mass is 223 g/mol. The maximum absolute atomic E-state index is 5.56. The number of nitrogens with two attached hydrogens (primary N) is 1. The fraction of sp³-hybridized carbons (Fsp3) is 0.400. The first-order valence-corrected chi connectivity index (χ1v) is 5.57. The molecule has 0 saturated heterocycles. The number of aromatic nitrogens is 2. The molecule has 0 amide bonds. The Kier molecular flexibility index (Phi) is 3.25. The van der Waals surface area contributed by atoms with Crippen LogP contribution in [-0.4, -0.2) is 29.7 Å². The van der Waals surface area contributed by atoms with E-state index in [1.165, 1.54) is 0 Å². The molecule has 0 fully saturated rings. The Morgan fingerprint density at radius 1 is 1.60 bits per heavy atom. The van der Waals surface area contributed by atoms with E-state index in [0.29, 0.717) is 6.54 Å². The van der Waals surface area contributed by atoms with E-state index in [9.17, 15) is 0 Å². The molecule has 0 aromatic carbocycles. The summed E-state index contributed by atoms with van der Waals surface area (Å²) >= 11 is 1.67. The second-order valence-electron chi connectivity index (χ2n) is 3.25. The SMILES string of the molecule is COC(CN)Cc1nc2cnccc2s1. The van der Waals surface area contributed by atoms with Crippen molar-refractivity contribution in [1.29, 1.82) is 0 Å². The molecule has 0 aliphatic carbocycles. The molecule has 0 radical (unpaired) electrons. The largest absolute Gasteiger partial charge is 0.380 e. The number of ether oxygens (including phenoxy) is 1. The third-order valence-corrected chi connectivity index (χ3v) is 3.29. The zero-order chi connectivity index (χ0) is 10.7. The van der Waals surface area contributed by atoms with Gasteiger partial charge in [-0.25, -0.2) is 4.98 Å². The minimum absolute atomic E-state index is 0.0542. The van der Waals surface area contributed by atoms with E-state index >= 15 is 0 Å². The van der Waals surface area contributed by atoms with Gasteiger partial charge in [0.1, 0.15) is 0 Å². The highest BCUT2D eigenvalue weighted by molar-refractivity contribution is 7.18. The third-order valence-electron chi connectivity index (χ3n) is 2.23. The van der Waals surface area contributed by atoms with Crippen LogP contribution in [0.2, 0.25) is 0 Å². The van der Waals surface area contributed by atoms with Crippen molar-refractivity contribution in [2.75, 3.05) is 13.7 Å². The average molecular weight is 223 g/mol. The summed E-state index contributed by atoms with van der Waals surface area (Å²) in [7, 11) is 1.67. The molecule has 1 atom stereocenters. The van der Waals surface area contributed by atoms with E-state index < -0.39 is 0 Å². The quantitative estimate of drug-likeness (QED) is 0.846. The van der Waals surface area contributed by atoms with Crippen LogP contribution in [0.15, 0.2) is 18.5 Å². The van der Waals surface area contributed by atoms with Gasteiger partial charge < -0.3 is 10.5 Å². The van der Waals surface area contributed by atoms with Crippen LogP contribution in [0.25, 0.3) is 10.2 Å². The summed E-state index contributed by atoms with van der Waals surface area (Å²) in [5.74, 6) is 0. The van der Waals surface area contributed by atoms with Gasteiger partial charge in [-0.1, -0.05) is 0 Å². The van der Waals surface area contributed by atoms with Crippen LogP contribution in [0.1, 0.15) is 5.01 Å². The van der Waals surface area contributed by atoms with Gasteiger partial charge in [0, 0.05) is 26.3 Å². The minimum atomic E-state index is 0.0542. The first-order valence-electron chi connectivity index (χ1n) is 4.75. The lowest BCUT2D eigenvalue weighted by Crippen LogP contribution is -2.24. The topological polar surface area (TPSA) is 61.0 Å². The number of methoxy groups -OCH3 is 1. The van der Waals surface area contributed by atoms with E-state index in [2.05, 4.69) is 9.97 Å². The molecule has 0 bridgehead atoms. The van der Waals surface area contributed by atoms with Crippen molar-refractivity contribution in [2.45, 2.75) is 12.5 Å². The van der Waals surface area contributed by atoms with Gasteiger partial charge in [-0.2, -0.15) is 0 Å². The molecule has 2 aromatic rings. The summed E-state index contributed by atoms with van der Waals surface area (Å²) in [4.78, 5) is 8.50. The first kappa shape index (κ1) is 10.5. The second kappa shape index (κ2) is 4.65. The molecular formula is C10H13N3OS. The lowest BCUT2D eigenvalue weighted by Gasteiger charge is -2.09. The summed E-state index contributed by atoms with van der Waals surface area (Å²) in [5.41, 5.74) is 6.51. The smallest absolute Gasteiger partial charge is 0.0998 e. The maximum atomic E-state index is 5.56. The number of thiazole rings is 1. The van der Waals surface area contributed by atoms with Crippen LogP contribution in [-0.2, 0) is 11.2 Å². The van der Waals surface area contributed by atoms with Crippen molar-refractivity contribution in [3.8, 4) is 0 Å². The van der Waals surface area contributed by atoms with Gasteiger partial charge in [0.2, 0.25) is 0 Å². The first-order chi connectivity index (χ1) is 7.33. The molecular weight excluding hydrogens is 210 g/mol. The fourth-order valence-corrected chi connectivity index (χ4v) is 2.37. The normalized spacial score (nSPS) is 13.2. The lowest BCUT2D eigenvalue weighted by molar-refractivity contribution is 0.110. The zero-order valence-corrected chi connectivity index (χ0v) is 9.33. The number of nitrogens with zero attached hydrogens (tertiary/aromatic N) is 2. The highest BCUT2D eigenvalue weighted by Crippen LogP contribution is 2.21. The van der Waals surface area contributed by atoms with Crippen molar-refractivity contribution >= 4 is 21.6 Å². The van der Waals surface area contributed by atoms with Crippen molar-refractivity contribution in [1.82, 2.24) is 9.97 Å². The van der Waals surface area contributed by atoms with Gasteiger partial charge >= 0.3 is 0 Å². The number of pyridine rings is 1. The molecule has 0 aliphatic heterocycles. The summed E-state index contributed by atoms with van der Waals surface area (Å²) in [5, 5.41) is 1.05. The number of hydrogen-bond acceptors (Lipinski definition) is 5. The highest BCUT2D eigenvalue weighted by atomic mass is 32.1. The Morgan fingerprint density at radius 3 is 3.13 bits per heavy atom. The number of fused-ring (bicyclic) bond motifs is 1. The molecule has 0 saturated carbocycles. The predicted molar refractivity (Wildman–Crippen MR) is 61.0 cm³/mol. The van der Waals surface area contributed by atoms with Crippen molar-refractivity contribution in [2.24, 2.45) is 5.73 Å². The standard InChI is InChI=1S/C10H13N3OS/c1-14-7(5-11)4-10-13-8-6-12-3-2-9(8)15-10/h2-3,6-7H,4-5,11H2,1H3. The molecule has 0 aliphatic rings. The highest BCUT2D eigenvalue weighted by Gasteiger charge is 2.10. The third kappa shape index (κ3) is 2.31. The molecule has 2 heterocycles. The van der Waals surface area contributed by atoms with E-state index in [1.54, 1.807) is 30.8 Å². The Labute approximate surface area is 92.1 Å². The molecule has 15 heavy (non-hydrogen) atoms. The van der Waals surface area contributed by atoms with E-state index in [1.807, 2.05) is 6.07 Å². The van der Waals surface area contributed by atoms with Crippen molar-refractivity contribution < 1.29 is 4.74 Å². The Hall–Kier alpha value is -1.04. The zero-order valence-electron chi connectivity index (χ0n) is 8.51. The summed E-state index contributed by atoms with van der Waals surface area (Å²) in [6.07, 6.45) is 4.38. The van der Waals surface area contributed by atoms with Gasteiger partial charge in [-0.3, -0.25) is 4.98 Å². The summed E-state index contributed by atoms with van der Waals surface area (Å²) < 4.78 is 6.38. The number of rotatable bonds is 4. The molecule has 5 heteroatoms. The van der Waals surface area contributed by atoms with Gasteiger partial charge in [0.05, 0.1) is 27.5 Å². The maximum Gasteiger partial charge on any atom is 0.0998 e. The number of hydrogen-bond donors (Lipinski definition) is 1. The van der Waals surface area contributed by atoms with Crippen LogP contribution < -0.4 is 5.73 Å². The van der Waals surface area contributed by atoms with E-state index in [4.69, 9.17) is 10.5 Å². The Bertz CT molecular complexity index is 406. The van der Waals surface area contributed by atoms with Gasteiger partial charge in [0.25, 0.3) is 0 Å². The molecule has 2 N–H and O–H groups in total. The van der Waals surface area contributed by atoms with Crippen LogP contribution >= 0.6 is 11.3 Å². The van der Waals surface area contributed by atoms with Crippen LogP contribution in [0, 0.1) is 0 Å². The Morgan fingerprint density at radius 2 is 2.47 bits per heavy atom. The van der Waals surface area contributed by atoms with Crippen LogP contribution in [0.5, 0.6) is 0 Å². The second-order valence-corrected chi connectivity index (χ2v) is 4.36. The molecule has 80 valence electrons. The van der Waals surface area contributed by atoms with E-state index in [-0.39, 0.29) is 6.10 Å². The molecule has 2 aromatic heterocycles. The molecule has 1 unspecified atom stereocenters. The minimum Gasteiger partial charge on any atom is -0.380 e. The van der Waals surface area contributed by atoms with Crippen LogP contribution in [0.4, 0.5) is 0 Å². The van der Waals surface area contributed by atoms with Gasteiger partial charge in [-0.05, 0) is 6.07 Å².